The fraction of sp³-hybridized carbons (Fsp3) is 0.0638. The monoisotopic (exact) mass is 650 g/mol. The highest BCUT2D eigenvalue weighted by Crippen LogP contribution is 2.53. The first kappa shape index (κ1) is 29.1. The first-order chi connectivity index (χ1) is 25.0. The lowest BCUT2D eigenvalue weighted by Crippen LogP contribution is -2.14. The zero-order valence-electron chi connectivity index (χ0n) is 28.1. The lowest BCUT2D eigenvalue weighted by molar-refractivity contribution is 0.661. The number of nitrogens with zero attached hydrogens (tertiary/aromatic N) is 4. The van der Waals surface area contributed by atoms with E-state index >= 15 is 0 Å². The van der Waals surface area contributed by atoms with Crippen molar-refractivity contribution in [1.82, 2.24) is 9.13 Å². The van der Waals surface area contributed by atoms with E-state index in [1.54, 1.807) is 0 Å². The highest BCUT2D eigenvalue weighted by molar-refractivity contribution is 6.18. The predicted octanol–water partition coefficient (Wildman–Crippen LogP) is 11.6. The molecule has 0 fully saturated rings. The van der Waals surface area contributed by atoms with Crippen molar-refractivity contribution in [2.45, 2.75) is 19.3 Å². The molecule has 0 radical (unpaired) electrons. The number of benzene rings is 7. The van der Waals surface area contributed by atoms with Gasteiger partial charge in [-0.1, -0.05) is 86.6 Å². The third-order valence-electron chi connectivity index (χ3n) is 10.9. The van der Waals surface area contributed by atoms with Crippen molar-refractivity contribution in [2.75, 3.05) is 0 Å². The molecule has 1 aliphatic carbocycles. The van der Waals surface area contributed by atoms with E-state index in [1.165, 1.54) is 27.6 Å². The molecule has 0 N–H and O–H groups in total. The van der Waals surface area contributed by atoms with E-state index in [0.717, 1.165) is 60.7 Å². The van der Waals surface area contributed by atoms with E-state index in [4.69, 9.17) is 0 Å². The van der Waals surface area contributed by atoms with Crippen LogP contribution in [0.1, 0.15) is 36.1 Å². The van der Waals surface area contributed by atoms with Gasteiger partial charge in [0, 0.05) is 38.3 Å². The van der Waals surface area contributed by atoms with E-state index < -0.39 is 0 Å². The third kappa shape index (κ3) is 4.05. The Hall–Kier alpha value is -6.88. The number of para-hydroxylation sites is 1. The Labute approximate surface area is 295 Å². The van der Waals surface area contributed by atoms with Crippen LogP contribution in [0.25, 0.3) is 77.2 Å². The second-order valence-corrected chi connectivity index (χ2v) is 14.0. The molecule has 0 aliphatic heterocycles. The average molecular weight is 651 g/mol. The van der Waals surface area contributed by atoms with Crippen molar-refractivity contribution in [1.29, 1.82) is 10.5 Å². The van der Waals surface area contributed by atoms with Crippen LogP contribution in [0.2, 0.25) is 0 Å². The minimum Gasteiger partial charge on any atom is -0.309 e. The van der Waals surface area contributed by atoms with Gasteiger partial charge in [-0.05, 0) is 106 Å². The molecule has 0 bridgehead atoms. The van der Waals surface area contributed by atoms with Gasteiger partial charge in [0.2, 0.25) is 0 Å². The maximum atomic E-state index is 9.95. The smallest absolute Gasteiger partial charge is 0.0991 e. The molecule has 7 aromatic carbocycles. The minimum atomic E-state index is -0.124. The molecule has 9 aromatic rings. The quantitative estimate of drug-likeness (QED) is 0.191. The Morgan fingerprint density at radius 1 is 0.471 bits per heavy atom. The van der Waals surface area contributed by atoms with E-state index in [2.05, 4.69) is 163 Å². The van der Waals surface area contributed by atoms with Crippen LogP contribution in [0.3, 0.4) is 0 Å². The van der Waals surface area contributed by atoms with Gasteiger partial charge < -0.3 is 9.13 Å². The molecule has 4 nitrogen and oxygen atoms in total. The number of rotatable bonds is 3. The Balaban J connectivity index is 1.18. The molecule has 10 rings (SSSR count). The summed E-state index contributed by atoms with van der Waals surface area (Å²) < 4.78 is 4.64. The zero-order valence-corrected chi connectivity index (χ0v) is 28.1. The van der Waals surface area contributed by atoms with Gasteiger partial charge in [0.1, 0.15) is 0 Å². The van der Waals surface area contributed by atoms with Crippen molar-refractivity contribution in [2.24, 2.45) is 0 Å². The molecule has 51 heavy (non-hydrogen) atoms. The lowest BCUT2D eigenvalue weighted by atomic mass is 9.82. The second kappa shape index (κ2) is 10.6. The summed E-state index contributed by atoms with van der Waals surface area (Å²) in [5.74, 6) is 0. The molecule has 0 amide bonds. The number of fused-ring (bicyclic) bond motifs is 10. The maximum Gasteiger partial charge on any atom is 0.0991 e. The lowest BCUT2D eigenvalue weighted by Gasteiger charge is -2.21. The fourth-order valence-corrected chi connectivity index (χ4v) is 8.62. The third-order valence-corrected chi connectivity index (χ3v) is 10.9. The average Bonchev–Trinajstić information content (AvgIpc) is 3.77. The summed E-state index contributed by atoms with van der Waals surface area (Å²) in [6.45, 7) is 4.62. The Morgan fingerprint density at radius 2 is 1.04 bits per heavy atom. The van der Waals surface area contributed by atoms with E-state index in [1.807, 2.05) is 18.2 Å². The van der Waals surface area contributed by atoms with Crippen molar-refractivity contribution < 1.29 is 0 Å². The number of aromatic nitrogens is 2. The number of hydrogen-bond donors (Lipinski definition) is 0. The molecule has 0 atom stereocenters. The molecule has 238 valence electrons. The van der Waals surface area contributed by atoms with E-state index in [-0.39, 0.29) is 5.41 Å². The van der Waals surface area contributed by atoms with Gasteiger partial charge in [0.15, 0.2) is 0 Å². The molecule has 0 unspecified atom stereocenters. The first-order valence-electron chi connectivity index (χ1n) is 17.2. The highest BCUT2D eigenvalue weighted by atomic mass is 15.0. The summed E-state index contributed by atoms with van der Waals surface area (Å²) in [5.41, 5.74) is 15.1. The van der Waals surface area contributed by atoms with Crippen molar-refractivity contribution in [3.8, 4) is 45.8 Å². The van der Waals surface area contributed by atoms with Crippen LogP contribution < -0.4 is 0 Å². The van der Waals surface area contributed by atoms with Gasteiger partial charge in [-0.3, -0.25) is 0 Å². The summed E-state index contributed by atoms with van der Waals surface area (Å²) in [6, 6.07) is 55.9. The Bertz CT molecular complexity index is 3030. The summed E-state index contributed by atoms with van der Waals surface area (Å²) in [5, 5.41) is 24.0. The molecular weight excluding hydrogens is 621 g/mol. The summed E-state index contributed by atoms with van der Waals surface area (Å²) >= 11 is 0. The zero-order chi connectivity index (χ0) is 34.4. The Kier molecular flexibility index (Phi) is 6.02. The molecule has 4 heteroatoms. The predicted molar refractivity (Wildman–Crippen MR) is 208 cm³/mol. The highest BCUT2D eigenvalue weighted by Gasteiger charge is 2.37. The van der Waals surface area contributed by atoms with Gasteiger partial charge in [-0.2, -0.15) is 10.5 Å². The molecule has 0 spiro atoms. The minimum absolute atomic E-state index is 0.124. The number of hydrogen-bond acceptors (Lipinski definition) is 2. The first-order valence-corrected chi connectivity index (χ1v) is 17.2. The molecule has 0 saturated carbocycles. The van der Waals surface area contributed by atoms with Gasteiger partial charge in [-0.15, -0.1) is 0 Å². The van der Waals surface area contributed by atoms with Crippen LogP contribution in [0.4, 0.5) is 0 Å². The van der Waals surface area contributed by atoms with Crippen LogP contribution in [0, 0.1) is 22.7 Å². The summed E-state index contributed by atoms with van der Waals surface area (Å²) in [6.07, 6.45) is 0. The van der Waals surface area contributed by atoms with Crippen molar-refractivity contribution in [3.05, 3.63) is 168 Å². The molecule has 2 heterocycles. The van der Waals surface area contributed by atoms with Crippen molar-refractivity contribution in [3.63, 3.8) is 0 Å². The van der Waals surface area contributed by atoms with Gasteiger partial charge in [0.05, 0.1) is 45.3 Å². The summed E-state index contributed by atoms with van der Waals surface area (Å²) in [4.78, 5) is 0. The maximum absolute atomic E-state index is 9.95. The van der Waals surface area contributed by atoms with Crippen LogP contribution in [-0.2, 0) is 5.41 Å². The van der Waals surface area contributed by atoms with Crippen LogP contribution in [0.15, 0.2) is 146 Å². The van der Waals surface area contributed by atoms with Crippen LogP contribution in [0.5, 0.6) is 0 Å². The van der Waals surface area contributed by atoms with Crippen LogP contribution in [-0.4, -0.2) is 9.13 Å². The molecule has 2 aromatic heterocycles. The molecule has 0 saturated heterocycles. The van der Waals surface area contributed by atoms with E-state index in [0.29, 0.717) is 11.1 Å². The van der Waals surface area contributed by atoms with Gasteiger partial charge >= 0.3 is 0 Å². The van der Waals surface area contributed by atoms with Crippen LogP contribution >= 0.6 is 0 Å². The van der Waals surface area contributed by atoms with Gasteiger partial charge in [-0.25, -0.2) is 0 Å². The van der Waals surface area contributed by atoms with Gasteiger partial charge in [0.25, 0.3) is 0 Å². The second-order valence-electron chi connectivity index (χ2n) is 14.0. The normalized spacial score (nSPS) is 13.0. The topological polar surface area (TPSA) is 57.4 Å². The SMILES string of the molecule is CC1(C)c2ccccc2-c2c1ccc1c2c2cc(C#N)ccc2n1-c1cccc(-c2cccc(-n3c4ccccc4c4cc(C#N)ccc43)c2)c1. The fourth-order valence-electron chi connectivity index (χ4n) is 8.62. The summed E-state index contributed by atoms with van der Waals surface area (Å²) in [7, 11) is 0. The number of nitriles is 2. The molecular formula is C47H30N4. The standard InChI is InChI=1S/C47H30N4/c1-47(2)39-15-5-3-14-36(39)45-40(47)19-22-44-46(45)38-24-30(28-49)18-21-43(38)51(44)34-12-8-10-32(26-34)31-9-7-11-33(25-31)50-41-16-6-4-13-35(41)37-23-29(27-48)17-20-42(37)50/h3-26H,1-2H3. The Morgan fingerprint density at radius 3 is 1.75 bits per heavy atom. The van der Waals surface area contributed by atoms with E-state index in [9.17, 15) is 10.5 Å². The largest absolute Gasteiger partial charge is 0.309 e. The molecule has 1 aliphatic rings. The van der Waals surface area contributed by atoms with Crippen molar-refractivity contribution >= 4 is 43.6 Å².